The van der Waals surface area contributed by atoms with Crippen molar-refractivity contribution in [1.29, 1.82) is 0 Å². The fourth-order valence-corrected chi connectivity index (χ4v) is 5.68. The van der Waals surface area contributed by atoms with E-state index in [4.69, 9.17) is 0 Å². The predicted octanol–water partition coefficient (Wildman–Crippen LogP) is 1.96. The summed E-state index contributed by atoms with van der Waals surface area (Å²) in [5.74, 6) is 2.02. The zero-order valence-electron chi connectivity index (χ0n) is 13.3. The second kappa shape index (κ2) is 8.61. The van der Waals surface area contributed by atoms with Crippen molar-refractivity contribution in [2.75, 3.05) is 30.3 Å². The molecule has 1 aliphatic rings. The quantitative estimate of drug-likeness (QED) is 0.692. The van der Waals surface area contributed by atoms with Crippen LogP contribution in [0.25, 0.3) is 0 Å². The Morgan fingerprint density at radius 2 is 2.05 bits per heavy atom. The molecule has 0 radical (unpaired) electrons. The van der Waals surface area contributed by atoms with E-state index in [0.717, 1.165) is 37.4 Å². The molecule has 1 rings (SSSR count). The van der Waals surface area contributed by atoms with Gasteiger partial charge in [0.2, 0.25) is 0 Å². The number of sulfone groups is 1. The summed E-state index contributed by atoms with van der Waals surface area (Å²) >= 11 is 1.77. The molecule has 0 aromatic heterocycles. The highest BCUT2D eigenvalue weighted by molar-refractivity contribution is 8.01. The van der Waals surface area contributed by atoms with Gasteiger partial charge < -0.3 is 5.32 Å². The van der Waals surface area contributed by atoms with E-state index < -0.39 is 9.84 Å². The van der Waals surface area contributed by atoms with Crippen molar-refractivity contribution in [1.82, 2.24) is 10.2 Å². The monoisotopic (exact) mass is 322 g/mol. The topological polar surface area (TPSA) is 49.4 Å². The Morgan fingerprint density at radius 1 is 1.35 bits per heavy atom. The molecule has 2 atom stereocenters. The molecule has 0 bridgehead atoms. The molecule has 0 aliphatic carbocycles. The van der Waals surface area contributed by atoms with Crippen molar-refractivity contribution in [2.45, 2.75) is 58.0 Å². The normalized spacial score (nSPS) is 23.1. The van der Waals surface area contributed by atoms with Gasteiger partial charge in [0.05, 0.1) is 0 Å². The Kier molecular flexibility index (Phi) is 7.87. The summed E-state index contributed by atoms with van der Waals surface area (Å²) in [6, 6.07) is 0.862. The molecule has 1 heterocycles. The van der Waals surface area contributed by atoms with Crippen LogP contribution in [0.5, 0.6) is 0 Å². The SMILES string of the molecule is CCS(=O)(=O)C1CSCCN1C(C)CCCNC(C)C. The largest absolute Gasteiger partial charge is 0.315 e. The predicted molar refractivity (Wildman–Crippen MR) is 89.1 cm³/mol. The molecule has 4 nitrogen and oxygen atoms in total. The zero-order valence-corrected chi connectivity index (χ0v) is 14.9. The van der Waals surface area contributed by atoms with Gasteiger partial charge in [-0.15, -0.1) is 0 Å². The summed E-state index contributed by atoms with van der Waals surface area (Å²) in [4.78, 5) is 2.21. The number of rotatable bonds is 8. The van der Waals surface area contributed by atoms with Crippen LogP contribution in [0.1, 0.15) is 40.5 Å². The standard InChI is InChI=1S/C14H30N2O2S2/c1-5-20(17,18)14-11-19-10-9-16(14)13(4)7-6-8-15-12(2)3/h12-15H,5-11H2,1-4H3. The fourth-order valence-electron chi connectivity index (χ4n) is 2.55. The molecule has 1 aliphatic heterocycles. The maximum Gasteiger partial charge on any atom is 0.166 e. The van der Waals surface area contributed by atoms with Crippen molar-refractivity contribution < 1.29 is 8.42 Å². The van der Waals surface area contributed by atoms with Gasteiger partial charge in [-0.3, -0.25) is 4.90 Å². The maximum atomic E-state index is 12.2. The molecule has 0 aromatic rings. The molecule has 0 spiro atoms. The molecule has 2 unspecified atom stereocenters. The lowest BCUT2D eigenvalue weighted by molar-refractivity contribution is 0.192. The minimum absolute atomic E-state index is 0.246. The van der Waals surface area contributed by atoms with Gasteiger partial charge in [0.1, 0.15) is 5.37 Å². The second-order valence-electron chi connectivity index (χ2n) is 5.82. The molecule has 1 saturated heterocycles. The lowest BCUT2D eigenvalue weighted by Crippen LogP contribution is -2.51. The lowest BCUT2D eigenvalue weighted by atomic mass is 10.1. The molecule has 1 fully saturated rings. The summed E-state index contributed by atoms with van der Waals surface area (Å²) in [6.07, 6.45) is 2.15. The van der Waals surface area contributed by atoms with Crippen LogP contribution in [0.3, 0.4) is 0 Å². The average Bonchev–Trinajstić information content (AvgIpc) is 2.43. The summed E-state index contributed by atoms with van der Waals surface area (Å²) in [7, 11) is -2.97. The van der Waals surface area contributed by atoms with Crippen LogP contribution in [0.2, 0.25) is 0 Å². The third-order valence-electron chi connectivity index (χ3n) is 3.86. The van der Waals surface area contributed by atoms with Crippen molar-refractivity contribution in [3.63, 3.8) is 0 Å². The van der Waals surface area contributed by atoms with Crippen LogP contribution in [0, 0.1) is 0 Å². The fraction of sp³-hybridized carbons (Fsp3) is 1.00. The Bertz CT molecular complexity index is 371. The third kappa shape index (κ3) is 5.54. The van der Waals surface area contributed by atoms with E-state index in [9.17, 15) is 8.42 Å². The minimum atomic E-state index is -2.97. The van der Waals surface area contributed by atoms with E-state index in [1.165, 1.54) is 0 Å². The summed E-state index contributed by atoms with van der Waals surface area (Å²) in [6.45, 7) is 10.1. The second-order valence-corrected chi connectivity index (χ2v) is 9.42. The Labute approximate surface area is 129 Å². The van der Waals surface area contributed by atoms with Gasteiger partial charge in [-0.2, -0.15) is 11.8 Å². The van der Waals surface area contributed by atoms with Crippen LogP contribution < -0.4 is 5.32 Å². The van der Waals surface area contributed by atoms with Crippen molar-refractivity contribution in [2.24, 2.45) is 0 Å². The molecular weight excluding hydrogens is 292 g/mol. The third-order valence-corrected chi connectivity index (χ3v) is 7.16. The van der Waals surface area contributed by atoms with E-state index in [0.29, 0.717) is 12.1 Å². The van der Waals surface area contributed by atoms with Gasteiger partial charge in [-0.05, 0) is 26.3 Å². The van der Waals surface area contributed by atoms with Crippen LogP contribution >= 0.6 is 11.8 Å². The smallest absolute Gasteiger partial charge is 0.166 e. The van der Waals surface area contributed by atoms with Gasteiger partial charge in [-0.25, -0.2) is 8.42 Å². The Hall–Kier alpha value is 0.220. The van der Waals surface area contributed by atoms with Crippen LogP contribution in [0.15, 0.2) is 0 Å². The van der Waals surface area contributed by atoms with E-state index in [2.05, 4.69) is 31.0 Å². The Balaban J connectivity index is 2.52. The number of hydrogen-bond donors (Lipinski definition) is 1. The van der Waals surface area contributed by atoms with E-state index >= 15 is 0 Å². The highest BCUT2D eigenvalue weighted by Crippen LogP contribution is 2.24. The van der Waals surface area contributed by atoms with E-state index in [-0.39, 0.29) is 11.1 Å². The molecule has 0 saturated carbocycles. The van der Waals surface area contributed by atoms with Gasteiger partial charge >= 0.3 is 0 Å². The average molecular weight is 323 g/mol. The van der Waals surface area contributed by atoms with Crippen LogP contribution in [-0.2, 0) is 9.84 Å². The van der Waals surface area contributed by atoms with Crippen molar-refractivity contribution >= 4 is 21.6 Å². The van der Waals surface area contributed by atoms with E-state index in [1.807, 2.05) is 0 Å². The van der Waals surface area contributed by atoms with Crippen LogP contribution in [-0.4, -0.2) is 61.1 Å². The number of thioether (sulfide) groups is 1. The maximum absolute atomic E-state index is 12.2. The van der Waals surface area contributed by atoms with Crippen molar-refractivity contribution in [3.8, 4) is 0 Å². The van der Waals surface area contributed by atoms with E-state index in [1.54, 1.807) is 18.7 Å². The van der Waals surface area contributed by atoms with Gasteiger partial charge in [0.25, 0.3) is 0 Å². The number of nitrogens with zero attached hydrogens (tertiary/aromatic N) is 1. The summed E-state index contributed by atoms with van der Waals surface area (Å²) in [5.41, 5.74) is 0. The Morgan fingerprint density at radius 3 is 2.65 bits per heavy atom. The summed E-state index contributed by atoms with van der Waals surface area (Å²) < 4.78 is 24.4. The molecule has 20 heavy (non-hydrogen) atoms. The number of hydrogen-bond acceptors (Lipinski definition) is 5. The van der Waals surface area contributed by atoms with Gasteiger partial charge in [0, 0.05) is 35.9 Å². The highest BCUT2D eigenvalue weighted by atomic mass is 32.2. The summed E-state index contributed by atoms with van der Waals surface area (Å²) in [5, 5.41) is 3.14. The zero-order chi connectivity index (χ0) is 15.2. The minimum Gasteiger partial charge on any atom is -0.315 e. The lowest BCUT2D eigenvalue weighted by Gasteiger charge is -2.39. The number of nitrogens with one attached hydrogen (secondary N) is 1. The molecule has 0 aromatic carbocycles. The van der Waals surface area contributed by atoms with Gasteiger partial charge in [-0.1, -0.05) is 20.8 Å². The highest BCUT2D eigenvalue weighted by Gasteiger charge is 2.34. The molecule has 120 valence electrons. The van der Waals surface area contributed by atoms with Gasteiger partial charge in [0.15, 0.2) is 9.84 Å². The first kappa shape index (κ1) is 18.3. The first-order valence-corrected chi connectivity index (χ1v) is 10.5. The molecular formula is C14H30N2O2S2. The molecule has 6 heteroatoms. The van der Waals surface area contributed by atoms with Crippen LogP contribution in [0.4, 0.5) is 0 Å². The van der Waals surface area contributed by atoms with Crippen molar-refractivity contribution in [3.05, 3.63) is 0 Å². The first-order chi connectivity index (χ1) is 9.38. The molecule has 1 N–H and O–H groups in total. The molecule has 0 amide bonds. The first-order valence-electron chi connectivity index (χ1n) is 7.67.